The summed E-state index contributed by atoms with van der Waals surface area (Å²) in [6.45, 7) is 4.01. The average Bonchev–Trinajstić information content (AvgIpc) is 3.34. The fourth-order valence-corrected chi connectivity index (χ4v) is 3.26. The SMILES string of the molecule is CC(=O)N1CCCN(CC(=O)c2c(N)n(C3CC3)c(=O)[nH]c2=O)CC1. The number of hydrogen-bond donors (Lipinski definition) is 2. The van der Waals surface area contributed by atoms with Gasteiger partial charge in [-0.15, -0.1) is 0 Å². The molecule has 9 heteroatoms. The van der Waals surface area contributed by atoms with Crippen molar-refractivity contribution in [2.45, 2.75) is 32.2 Å². The van der Waals surface area contributed by atoms with Crippen molar-refractivity contribution in [3.05, 3.63) is 26.4 Å². The van der Waals surface area contributed by atoms with Gasteiger partial charge in [0.15, 0.2) is 5.78 Å². The quantitative estimate of drug-likeness (QED) is 0.686. The van der Waals surface area contributed by atoms with Crippen LogP contribution in [0.2, 0.25) is 0 Å². The Morgan fingerprint density at radius 3 is 2.52 bits per heavy atom. The van der Waals surface area contributed by atoms with E-state index in [0.29, 0.717) is 26.2 Å². The number of amides is 1. The van der Waals surface area contributed by atoms with Crippen molar-refractivity contribution in [2.75, 3.05) is 38.5 Å². The molecule has 2 heterocycles. The lowest BCUT2D eigenvalue weighted by molar-refractivity contribution is -0.128. The van der Waals surface area contributed by atoms with Crippen molar-refractivity contribution in [2.24, 2.45) is 0 Å². The highest BCUT2D eigenvalue weighted by molar-refractivity contribution is 6.01. The topological polar surface area (TPSA) is 121 Å². The highest BCUT2D eigenvalue weighted by atomic mass is 16.2. The Morgan fingerprint density at radius 1 is 1.16 bits per heavy atom. The molecule has 3 rings (SSSR count). The van der Waals surface area contributed by atoms with E-state index in [1.165, 1.54) is 11.5 Å². The number of hydrogen-bond acceptors (Lipinski definition) is 6. The monoisotopic (exact) mass is 349 g/mol. The van der Waals surface area contributed by atoms with E-state index in [4.69, 9.17) is 5.73 Å². The normalized spacial score (nSPS) is 18.8. The van der Waals surface area contributed by atoms with Gasteiger partial charge >= 0.3 is 5.69 Å². The molecule has 2 aliphatic rings. The molecule has 9 nitrogen and oxygen atoms in total. The molecule has 0 aromatic carbocycles. The van der Waals surface area contributed by atoms with Crippen LogP contribution in [0.4, 0.5) is 5.82 Å². The van der Waals surface area contributed by atoms with Crippen LogP contribution in [-0.2, 0) is 4.79 Å². The Morgan fingerprint density at radius 2 is 1.88 bits per heavy atom. The number of Topliss-reactive ketones (excluding diaryl/α,β-unsaturated/α-hetero) is 1. The zero-order valence-electron chi connectivity index (χ0n) is 14.3. The first-order chi connectivity index (χ1) is 11.9. The standard InChI is InChI=1S/C16H23N5O4/c1-10(22)20-6-2-5-19(7-8-20)9-12(23)13-14(17)21(11-3-4-11)16(25)18-15(13)24/h11H,2-9,17H2,1H3,(H,18,24,25). The number of aromatic amines is 1. The lowest BCUT2D eigenvalue weighted by Crippen LogP contribution is -2.40. The van der Waals surface area contributed by atoms with Crippen LogP contribution < -0.4 is 17.0 Å². The smallest absolute Gasteiger partial charge is 0.330 e. The van der Waals surface area contributed by atoms with E-state index >= 15 is 0 Å². The minimum Gasteiger partial charge on any atom is -0.384 e. The van der Waals surface area contributed by atoms with Gasteiger partial charge in [-0.25, -0.2) is 4.79 Å². The van der Waals surface area contributed by atoms with Crippen molar-refractivity contribution in [1.82, 2.24) is 19.4 Å². The molecule has 0 bridgehead atoms. The van der Waals surface area contributed by atoms with Gasteiger partial charge in [-0.05, 0) is 19.3 Å². The van der Waals surface area contributed by atoms with E-state index in [1.807, 2.05) is 4.90 Å². The van der Waals surface area contributed by atoms with Gasteiger partial charge in [-0.1, -0.05) is 0 Å². The third kappa shape index (κ3) is 3.65. The van der Waals surface area contributed by atoms with E-state index in [9.17, 15) is 19.2 Å². The van der Waals surface area contributed by atoms with Crippen LogP contribution >= 0.6 is 0 Å². The predicted molar refractivity (Wildman–Crippen MR) is 91.6 cm³/mol. The Kier molecular flexibility index (Phi) is 4.76. The minimum absolute atomic E-state index is 0.0189. The lowest BCUT2D eigenvalue weighted by atomic mass is 10.1. The molecule has 1 aliphatic heterocycles. The van der Waals surface area contributed by atoms with Gasteiger partial charge in [-0.2, -0.15) is 0 Å². The highest BCUT2D eigenvalue weighted by Gasteiger charge is 2.30. The van der Waals surface area contributed by atoms with Crippen LogP contribution in [0.1, 0.15) is 42.6 Å². The predicted octanol–water partition coefficient (Wildman–Crippen LogP) is -0.809. The Labute approximate surface area is 144 Å². The maximum atomic E-state index is 12.7. The number of ketones is 1. The molecule has 25 heavy (non-hydrogen) atoms. The fraction of sp³-hybridized carbons (Fsp3) is 0.625. The molecular formula is C16H23N5O4. The number of nitrogens with one attached hydrogen (secondary N) is 1. The van der Waals surface area contributed by atoms with Gasteiger partial charge in [0.25, 0.3) is 5.56 Å². The van der Waals surface area contributed by atoms with Gasteiger partial charge in [0.2, 0.25) is 5.91 Å². The third-order valence-electron chi connectivity index (χ3n) is 4.77. The van der Waals surface area contributed by atoms with Gasteiger partial charge in [0, 0.05) is 39.1 Å². The molecule has 0 atom stereocenters. The summed E-state index contributed by atoms with van der Waals surface area (Å²) in [5, 5.41) is 0. The maximum absolute atomic E-state index is 12.7. The van der Waals surface area contributed by atoms with Crippen LogP contribution in [0, 0.1) is 0 Å². The molecule has 1 aliphatic carbocycles. The molecule has 1 aromatic heterocycles. The molecule has 0 spiro atoms. The molecule has 3 N–H and O–H groups in total. The average molecular weight is 349 g/mol. The summed E-state index contributed by atoms with van der Waals surface area (Å²) in [6.07, 6.45) is 2.40. The Bertz CT molecular complexity index is 808. The third-order valence-corrected chi connectivity index (χ3v) is 4.77. The number of nitrogen functional groups attached to an aromatic ring is 1. The van der Waals surface area contributed by atoms with Crippen molar-refractivity contribution in [1.29, 1.82) is 0 Å². The summed E-state index contributed by atoms with van der Waals surface area (Å²) in [7, 11) is 0. The minimum atomic E-state index is -0.732. The highest BCUT2D eigenvalue weighted by Crippen LogP contribution is 2.35. The largest absolute Gasteiger partial charge is 0.384 e. The van der Waals surface area contributed by atoms with Crippen molar-refractivity contribution in [3.8, 4) is 0 Å². The van der Waals surface area contributed by atoms with Crippen LogP contribution in [0.15, 0.2) is 9.59 Å². The first kappa shape index (κ1) is 17.4. The number of nitrogens with two attached hydrogens (primary N) is 1. The lowest BCUT2D eigenvalue weighted by Gasteiger charge is -2.20. The van der Waals surface area contributed by atoms with Crippen LogP contribution in [0.25, 0.3) is 0 Å². The summed E-state index contributed by atoms with van der Waals surface area (Å²) in [5.74, 6) is -0.420. The van der Waals surface area contributed by atoms with Crippen LogP contribution in [0.3, 0.4) is 0 Å². The zero-order valence-corrected chi connectivity index (χ0v) is 14.3. The van der Waals surface area contributed by atoms with Crippen LogP contribution in [0.5, 0.6) is 0 Å². The first-order valence-corrected chi connectivity index (χ1v) is 8.54. The van der Waals surface area contributed by atoms with Gasteiger partial charge in [0.1, 0.15) is 11.4 Å². The molecule has 0 unspecified atom stereocenters. The molecule has 1 saturated heterocycles. The second-order valence-corrected chi connectivity index (χ2v) is 6.68. The van der Waals surface area contributed by atoms with Crippen molar-refractivity contribution in [3.63, 3.8) is 0 Å². The van der Waals surface area contributed by atoms with E-state index < -0.39 is 17.0 Å². The van der Waals surface area contributed by atoms with E-state index in [1.54, 1.807) is 4.90 Å². The molecule has 0 radical (unpaired) electrons. The van der Waals surface area contributed by atoms with E-state index in [-0.39, 0.29) is 29.9 Å². The van der Waals surface area contributed by atoms with Crippen LogP contribution in [-0.4, -0.2) is 63.8 Å². The molecule has 136 valence electrons. The summed E-state index contributed by atoms with van der Waals surface area (Å²) in [6, 6.07) is -0.0294. The van der Waals surface area contributed by atoms with Gasteiger partial charge in [-0.3, -0.25) is 28.8 Å². The van der Waals surface area contributed by atoms with Crippen molar-refractivity contribution >= 4 is 17.5 Å². The maximum Gasteiger partial charge on any atom is 0.330 e. The Hall–Kier alpha value is -2.42. The number of aromatic nitrogens is 2. The second-order valence-electron chi connectivity index (χ2n) is 6.68. The first-order valence-electron chi connectivity index (χ1n) is 8.54. The van der Waals surface area contributed by atoms with E-state index in [0.717, 1.165) is 19.3 Å². The van der Waals surface area contributed by atoms with Crippen molar-refractivity contribution < 1.29 is 9.59 Å². The summed E-state index contributed by atoms with van der Waals surface area (Å²) >= 11 is 0. The zero-order chi connectivity index (χ0) is 18.1. The second kappa shape index (κ2) is 6.83. The van der Waals surface area contributed by atoms with Gasteiger partial charge < -0.3 is 10.6 Å². The number of H-pyrrole nitrogens is 1. The number of nitrogens with zero attached hydrogens (tertiary/aromatic N) is 3. The number of carbonyl (C=O) groups is 2. The van der Waals surface area contributed by atoms with Gasteiger partial charge in [0.05, 0.1) is 6.54 Å². The number of anilines is 1. The summed E-state index contributed by atoms with van der Waals surface area (Å²) in [4.78, 5) is 54.0. The molecular weight excluding hydrogens is 326 g/mol. The van der Waals surface area contributed by atoms with E-state index in [2.05, 4.69) is 4.98 Å². The molecule has 1 amide bonds. The summed E-state index contributed by atoms with van der Waals surface area (Å²) < 4.78 is 1.31. The number of rotatable bonds is 4. The molecule has 1 saturated carbocycles. The summed E-state index contributed by atoms with van der Waals surface area (Å²) in [5.41, 5.74) is 4.54. The molecule has 2 fully saturated rings. The Balaban J connectivity index is 1.78. The molecule has 1 aromatic rings. The number of carbonyl (C=O) groups excluding carboxylic acids is 2. The fourth-order valence-electron chi connectivity index (χ4n) is 3.26.